The number of aryl methyl sites for hydroxylation is 1. The molecule has 0 atom stereocenters. The van der Waals surface area contributed by atoms with E-state index in [1.165, 1.54) is 12.1 Å². The highest BCUT2D eigenvalue weighted by Crippen LogP contribution is 2.15. The molecule has 0 radical (unpaired) electrons. The highest BCUT2D eigenvalue weighted by atomic mass is 19.1. The molecule has 1 heterocycles. The largest absolute Gasteiger partial charge is 0.306 e. The minimum Gasteiger partial charge on any atom is -0.306 e. The van der Waals surface area contributed by atoms with Crippen molar-refractivity contribution < 1.29 is 4.39 Å². The Hall–Kier alpha value is -1.97. The second-order valence-electron chi connectivity index (χ2n) is 3.84. The van der Waals surface area contributed by atoms with E-state index in [9.17, 15) is 9.18 Å². The molecule has 4 heteroatoms. The SMILES string of the molecule is CCc1c(C)nc(-c2ccc(F)cc2)[nH]c1=O. The number of benzene rings is 1. The van der Waals surface area contributed by atoms with E-state index < -0.39 is 0 Å². The zero-order valence-corrected chi connectivity index (χ0v) is 9.75. The van der Waals surface area contributed by atoms with Crippen LogP contribution in [0.25, 0.3) is 11.4 Å². The molecule has 1 aromatic carbocycles. The van der Waals surface area contributed by atoms with Gasteiger partial charge >= 0.3 is 0 Å². The van der Waals surface area contributed by atoms with E-state index in [0.717, 1.165) is 5.69 Å². The summed E-state index contributed by atoms with van der Waals surface area (Å²) in [7, 11) is 0. The lowest BCUT2D eigenvalue weighted by Gasteiger charge is -2.05. The number of aromatic amines is 1. The summed E-state index contributed by atoms with van der Waals surface area (Å²) >= 11 is 0. The Balaban J connectivity index is 2.54. The molecule has 1 aromatic heterocycles. The highest BCUT2D eigenvalue weighted by molar-refractivity contribution is 5.54. The monoisotopic (exact) mass is 232 g/mol. The lowest BCUT2D eigenvalue weighted by atomic mass is 10.1. The number of halogens is 1. The Kier molecular flexibility index (Phi) is 3.04. The summed E-state index contributed by atoms with van der Waals surface area (Å²) in [6, 6.07) is 5.88. The van der Waals surface area contributed by atoms with Gasteiger partial charge in [-0.05, 0) is 37.6 Å². The minimum atomic E-state index is -0.307. The summed E-state index contributed by atoms with van der Waals surface area (Å²) in [5.41, 5.74) is 1.99. The van der Waals surface area contributed by atoms with Crippen LogP contribution < -0.4 is 5.56 Å². The smallest absolute Gasteiger partial charge is 0.254 e. The standard InChI is InChI=1S/C13H13FN2O/c1-3-11-8(2)15-12(16-13(11)17)9-4-6-10(14)7-5-9/h4-7H,3H2,1-2H3,(H,15,16,17). The first-order chi connectivity index (χ1) is 8.11. The molecule has 88 valence electrons. The minimum absolute atomic E-state index is 0.126. The average Bonchev–Trinajstić information content (AvgIpc) is 2.29. The number of hydrogen-bond acceptors (Lipinski definition) is 2. The van der Waals surface area contributed by atoms with Crippen molar-refractivity contribution in [3.63, 3.8) is 0 Å². The Morgan fingerprint density at radius 1 is 1.29 bits per heavy atom. The molecule has 0 saturated heterocycles. The average molecular weight is 232 g/mol. The third-order valence-electron chi connectivity index (χ3n) is 2.69. The predicted octanol–water partition coefficient (Wildman–Crippen LogP) is 2.45. The van der Waals surface area contributed by atoms with Crippen LogP contribution in [0.3, 0.4) is 0 Å². The topological polar surface area (TPSA) is 45.8 Å². The summed E-state index contributed by atoms with van der Waals surface area (Å²) in [6.45, 7) is 3.72. The number of hydrogen-bond donors (Lipinski definition) is 1. The Labute approximate surface area is 98.3 Å². The zero-order chi connectivity index (χ0) is 12.4. The normalized spacial score (nSPS) is 10.5. The van der Waals surface area contributed by atoms with Crippen molar-refractivity contribution in [3.05, 3.63) is 51.7 Å². The number of rotatable bonds is 2. The van der Waals surface area contributed by atoms with E-state index in [-0.39, 0.29) is 11.4 Å². The maximum Gasteiger partial charge on any atom is 0.254 e. The van der Waals surface area contributed by atoms with Crippen molar-refractivity contribution in [1.29, 1.82) is 0 Å². The summed E-state index contributed by atoms with van der Waals surface area (Å²) < 4.78 is 12.8. The van der Waals surface area contributed by atoms with E-state index in [4.69, 9.17) is 0 Å². The number of aromatic nitrogens is 2. The first kappa shape index (κ1) is 11.5. The van der Waals surface area contributed by atoms with Crippen LogP contribution in [0.4, 0.5) is 4.39 Å². The fourth-order valence-corrected chi connectivity index (χ4v) is 1.77. The van der Waals surface area contributed by atoms with Gasteiger partial charge in [-0.3, -0.25) is 4.79 Å². The molecule has 3 nitrogen and oxygen atoms in total. The first-order valence-electron chi connectivity index (χ1n) is 5.47. The number of nitrogens with one attached hydrogen (secondary N) is 1. The molecule has 0 aliphatic heterocycles. The van der Waals surface area contributed by atoms with Gasteiger partial charge in [0.15, 0.2) is 0 Å². The molecule has 0 fully saturated rings. The molecule has 2 aromatic rings. The first-order valence-corrected chi connectivity index (χ1v) is 5.47. The van der Waals surface area contributed by atoms with E-state index >= 15 is 0 Å². The lowest BCUT2D eigenvalue weighted by molar-refractivity contribution is 0.628. The van der Waals surface area contributed by atoms with Crippen LogP contribution in [0.15, 0.2) is 29.1 Å². The molecular formula is C13H13FN2O. The molecule has 0 spiro atoms. The summed E-state index contributed by atoms with van der Waals surface area (Å²) in [4.78, 5) is 18.8. The quantitative estimate of drug-likeness (QED) is 0.864. The van der Waals surface area contributed by atoms with Gasteiger partial charge in [0.1, 0.15) is 11.6 Å². The van der Waals surface area contributed by atoms with Gasteiger partial charge in [-0.25, -0.2) is 9.37 Å². The molecule has 0 aliphatic carbocycles. The fraction of sp³-hybridized carbons (Fsp3) is 0.231. The highest BCUT2D eigenvalue weighted by Gasteiger charge is 2.07. The van der Waals surface area contributed by atoms with Crippen LogP contribution in [0.5, 0.6) is 0 Å². The van der Waals surface area contributed by atoms with Crippen molar-refractivity contribution in [2.45, 2.75) is 20.3 Å². The van der Waals surface area contributed by atoms with E-state index in [1.54, 1.807) is 19.1 Å². The second-order valence-corrected chi connectivity index (χ2v) is 3.84. The van der Waals surface area contributed by atoms with Gasteiger partial charge in [0.25, 0.3) is 5.56 Å². The van der Waals surface area contributed by atoms with Gasteiger partial charge in [0, 0.05) is 16.8 Å². The van der Waals surface area contributed by atoms with Crippen molar-refractivity contribution in [2.24, 2.45) is 0 Å². The van der Waals surface area contributed by atoms with E-state index in [2.05, 4.69) is 9.97 Å². The molecule has 0 bridgehead atoms. The summed E-state index contributed by atoms with van der Waals surface area (Å²) in [5.74, 6) is 0.169. The molecule has 0 aliphatic rings. The molecule has 2 rings (SSSR count). The fourth-order valence-electron chi connectivity index (χ4n) is 1.77. The van der Waals surface area contributed by atoms with Gasteiger partial charge < -0.3 is 4.98 Å². The van der Waals surface area contributed by atoms with Crippen molar-refractivity contribution in [3.8, 4) is 11.4 Å². The predicted molar refractivity (Wildman–Crippen MR) is 64.4 cm³/mol. The van der Waals surface area contributed by atoms with Crippen molar-refractivity contribution in [1.82, 2.24) is 9.97 Å². The van der Waals surface area contributed by atoms with Gasteiger partial charge in [0.05, 0.1) is 0 Å². The third-order valence-corrected chi connectivity index (χ3v) is 2.69. The van der Waals surface area contributed by atoms with Crippen LogP contribution in [-0.2, 0) is 6.42 Å². The maximum absolute atomic E-state index is 12.8. The number of H-pyrrole nitrogens is 1. The second kappa shape index (κ2) is 4.49. The zero-order valence-electron chi connectivity index (χ0n) is 9.75. The lowest BCUT2D eigenvalue weighted by Crippen LogP contribution is -2.16. The molecule has 0 saturated carbocycles. The van der Waals surface area contributed by atoms with Crippen LogP contribution >= 0.6 is 0 Å². The Bertz CT molecular complexity index is 587. The Morgan fingerprint density at radius 3 is 2.47 bits per heavy atom. The van der Waals surface area contributed by atoms with Crippen LogP contribution in [0.2, 0.25) is 0 Å². The Morgan fingerprint density at radius 2 is 1.94 bits per heavy atom. The van der Waals surface area contributed by atoms with Crippen LogP contribution in [-0.4, -0.2) is 9.97 Å². The maximum atomic E-state index is 12.8. The molecular weight excluding hydrogens is 219 g/mol. The van der Waals surface area contributed by atoms with E-state index in [0.29, 0.717) is 23.4 Å². The van der Waals surface area contributed by atoms with Crippen molar-refractivity contribution >= 4 is 0 Å². The van der Waals surface area contributed by atoms with Gasteiger partial charge in [-0.2, -0.15) is 0 Å². The van der Waals surface area contributed by atoms with Gasteiger partial charge in [0.2, 0.25) is 0 Å². The molecule has 1 N–H and O–H groups in total. The van der Waals surface area contributed by atoms with E-state index in [1.807, 2.05) is 6.92 Å². The van der Waals surface area contributed by atoms with Gasteiger partial charge in [-0.15, -0.1) is 0 Å². The molecule has 17 heavy (non-hydrogen) atoms. The number of nitrogens with zero attached hydrogens (tertiary/aromatic N) is 1. The summed E-state index contributed by atoms with van der Waals surface area (Å²) in [6.07, 6.45) is 0.651. The van der Waals surface area contributed by atoms with Crippen LogP contribution in [0.1, 0.15) is 18.2 Å². The molecule has 0 unspecified atom stereocenters. The van der Waals surface area contributed by atoms with Gasteiger partial charge in [-0.1, -0.05) is 6.92 Å². The third kappa shape index (κ3) is 2.25. The van der Waals surface area contributed by atoms with Crippen molar-refractivity contribution in [2.75, 3.05) is 0 Å². The van der Waals surface area contributed by atoms with Crippen LogP contribution in [0, 0.1) is 12.7 Å². The molecule has 0 amide bonds. The summed E-state index contributed by atoms with van der Waals surface area (Å²) in [5, 5.41) is 0.